The van der Waals surface area contributed by atoms with Crippen LogP contribution < -0.4 is 4.90 Å². The first-order valence-corrected chi connectivity index (χ1v) is 23.2. The van der Waals surface area contributed by atoms with E-state index < -0.39 is 15.1 Å². The number of amides is 1. The Balaban J connectivity index is 0.846. The summed E-state index contributed by atoms with van der Waals surface area (Å²) < 4.78 is 52.5. The zero-order valence-corrected chi connectivity index (χ0v) is 35.1. The van der Waals surface area contributed by atoms with Crippen LogP contribution in [0.15, 0.2) is 65.6 Å². The van der Waals surface area contributed by atoms with E-state index in [2.05, 4.69) is 32.2 Å². The molecule has 6 fully saturated rings. The van der Waals surface area contributed by atoms with Crippen LogP contribution in [0.4, 0.5) is 10.1 Å². The van der Waals surface area contributed by atoms with Gasteiger partial charge < -0.3 is 29.1 Å². The van der Waals surface area contributed by atoms with Gasteiger partial charge in [0, 0.05) is 87.9 Å². The predicted molar refractivity (Wildman–Crippen MR) is 222 cm³/mol. The van der Waals surface area contributed by atoms with Gasteiger partial charge in [-0.2, -0.15) is 0 Å². The average molecular weight is 820 g/mol. The third-order valence-corrected chi connectivity index (χ3v) is 16.6. The van der Waals surface area contributed by atoms with Gasteiger partial charge >= 0.3 is 5.97 Å². The monoisotopic (exact) mass is 819 g/mol. The molecule has 1 saturated carbocycles. The van der Waals surface area contributed by atoms with Crippen LogP contribution in [0.1, 0.15) is 50.5 Å². The molecular formula is C45H62FN5O6S. The summed E-state index contributed by atoms with van der Waals surface area (Å²) in [5.74, 6) is 0.972. The second-order valence-electron chi connectivity index (χ2n) is 18.0. The maximum atomic E-state index is 15.0. The van der Waals surface area contributed by atoms with Crippen LogP contribution in [0, 0.1) is 29.5 Å². The van der Waals surface area contributed by atoms with Gasteiger partial charge in [0.15, 0.2) is 9.84 Å². The molecule has 0 unspecified atom stereocenters. The first-order valence-electron chi connectivity index (χ1n) is 21.7. The lowest BCUT2D eigenvalue weighted by Gasteiger charge is -2.54. The van der Waals surface area contributed by atoms with Gasteiger partial charge in [0.1, 0.15) is 11.1 Å². The number of methoxy groups -OCH3 is 1. The summed E-state index contributed by atoms with van der Waals surface area (Å²) in [6, 6.07) is 14.7. The SMILES string of the molecule is C=C(CN1CCOCC1)C(=O)N1CC(S(=O)(=O)c2ccc(N3CC(CN4CCC([C@](CN5CCC5)(c5cccc(F)c5)[C@H]5CCC[C@@H]5CC(=O)OC)CC4)C3)cc2)C1. The van der Waals surface area contributed by atoms with E-state index in [1.165, 1.54) is 13.5 Å². The molecule has 5 heterocycles. The average Bonchev–Trinajstić information content (AvgIpc) is 3.64. The molecule has 0 N–H and O–H groups in total. The Labute approximate surface area is 344 Å². The van der Waals surface area contributed by atoms with E-state index in [0.717, 1.165) is 109 Å². The first kappa shape index (κ1) is 41.4. The second-order valence-corrected chi connectivity index (χ2v) is 20.2. The number of anilines is 1. The Kier molecular flexibility index (Phi) is 12.6. The van der Waals surface area contributed by atoms with Crippen molar-refractivity contribution in [2.24, 2.45) is 23.7 Å². The van der Waals surface area contributed by atoms with Crippen molar-refractivity contribution in [3.63, 3.8) is 0 Å². The van der Waals surface area contributed by atoms with E-state index in [1.54, 1.807) is 29.2 Å². The van der Waals surface area contributed by atoms with Crippen molar-refractivity contribution in [1.82, 2.24) is 19.6 Å². The van der Waals surface area contributed by atoms with Crippen LogP contribution in [0.25, 0.3) is 0 Å². The molecule has 5 aliphatic heterocycles. The molecule has 6 aliphatic rings. The lowest BCUT2D eigenvalue weighted by molar-refractivity contribution is -0.142. The summed E-state index contributed by atoms with van der Waals surface area (Å²) in [5.41, 5.74) is 2.41. The number of carbonyl (C=O) groups excluding carboxylic acids is 2. The summed E-state index contributed by atoms with van der Waals surface area (Å²) in [5, 5.41) is -0.606. The molecule has 0 spiro atoms. The van der Waals surface area contributed by atoms with Crippen molar-refractivity contribution < 1.29 is 31.9 Å². The maximum Gasteiger partial charge on any atom is 0.305 e. The van der Waals surface area contributed by atoms with Gasteiger partial charge in [-0.05, 0) is 118 Å². The van der Waals surface area contributed by atoms with Crippen LogP contribution in [0.3, 0.4) is 0 Å². The molecule has 316 valence electrons. The van der Waals surface area contributed by atoms with Crippen molar-refractivity contribution in [3.8, 4) is 0 Å². The predicted octanol–water partition coefficient (Wildman–Crippen LogP) is 4.47. The van der Waals surface area contributed by atoms with Gasteiger partial charge in [0.2, 0.25) is 0 Å². The van der Waals surface area contributed by atoms with Gasteiger partial charge in [0.25, 0.3) is 5.91 Å². The van der Waals surface area contributed by atoms with Crippen LogP contribution in [-0.4, -0.2) is 151 Å². The van der Waals surface area contributed by atoms with E-state index >= 15 is 4.39 Å². The maximum absolute atomic E-state index is 15.0. The number of hydrogen-bond donors (Lipinski definition) is 0. The minimum Gasteiger partial charge on any atom is -0.469 e. The summed E-state index contributed by atoms with van der Waals surface area (Å²) in [6.07, 6.45) is 6.90. The van der Waals surface area contributed by atoms with Gasteiger partial charge in [-0.25, -0.2) is 12.8 Å². The number of rotatable bonds is 15. The molecule has 58 heavy (non-hydrogen) atoms. The lowest BCUT2D eigenvalue weighted by atomic mass is 9.56. The smallest absolute Gasteiger partial charge is 0.305 e. The molecule has 13 heteroatoms. The highest BCUT2D eigenvalue weighted by Crippen LogP contribution is 2.54. The number of hydrogen-bond acceptors (Lipinski definition) is 10. The molecule has 8 rings (SSSR count). The zero-order valence-electron chi connectivity index (χ0n) is 34.2. The number of sulfone groups is 1. The number of piperidine rings is 1. The van der Waals surface area contributed by atoms with E-state index in [9.17, 15) is 18.0 Å². The Morgan fingerprint density at radius 3 is 2.26 bits per heavy atom. The van der Waals surface area contributed by atoms with Crippen LogP contribution >= 0.6 is 0 Å². The Bertz CT molecular complexity index is 1880. The quantitative estimate of drug-likeness (QED) is 0.189. The number of carbonyl (C=O) groups is 2. The number of halogens is 1. The molecule has 11 nitrogen and oxygen atoms in total. The highest BCUT2D eigenvalue weighted by Gasteiger charge is 2.53. The number of likely N-dealkylation sites (tertiary alicyclic amines) is 3. The number of nitrogens with zero attached hydrogens (tertiary/aromatic N) is 5. The minimum atomic E-state index is -3.56. The lowest BCUT2D eigenvalue weighted by Crippen LogP contribution is -2.58. The molecule has 3 atom stereocenters. The molecular weight excluding hydrogens is 758 g/mol. The third-order valence-electron chi connectivity index (χ3n) is 14.5. The van der Waals surface area contributed by atoms with E-state index in [1.807, 2.05) is 18.2 Å². The summed E-state index contributed by atoms with van der Waals surface area (Å²) in [6.45, 7) is 15.6. The number of morpholine rings is 1. The van der Waals surface area contributed by atoms with Crippen molar-refractivity contribution in [3.05, 3.63) is 72.1 Å². The molecule has 5 saturated heterocycles. The first-order chi connectivity index (χ1) is 28.0. The summed E-state index contributed by atoms with van der Waals surface area (Å²) >= 11 is 0. The molecule has 2 aromatic rings. The molecule has 0 radical (unpaired) electrons. The summed E-state index contributed by atoms with van der Waals surface area (Å²) in [4.78, 5) is 37.1. The van der Waals surface area contributed by atoms with Gasteiger partial charge in [-0.15, -0.1) is 0 Å². The van der Waals surface area contributed by atoms with E-state index in [-0.39, 0.29) is 42.1 Å². The van der Waals surface area contributed by atoms with Crippen molar-refractivity contribution in [2.75, 3.05) is 110 Å². The highest BCUT2D eigenvalue weighted by molar-refractivity contribution is 7.92. The van der Waals surface area contributed by atoms with E-state index in [4.69, 9.17) is 9.47 Å². The fraction of sp³-hybridized carbons (Fsp3) is 0.644. The number of esters is 1. The fourth-order valence-corrected chi connectivity index (χ4v) is 12.7. The van der Waals surface area contributed by atoms with Crippen molar-refractivity contribution in [2.45, 2.75) is 60.5 Å². The van der Waals surface area contributed by atoms with Crippen LogP contribution in [-0.2, 0) is 34.3 Å². The van der Waals surface area contributed by atoms with E-state index in [0.29, 0.717) is 54.4 Å². The van der Waals surface area contributed by atoms with Crippen molar-refractivity contribution in [1.29, 1.82) is 0 Å². The summed E-state index contributed by atoms with van der Waals surface area (Å²) in [7, 11) is -2.08. The van der Waals surface area contributed by atoms with Gasteiger partial charge in [-0.1, -0.05) is 25.1 Å². The minimum absolute atomic E-state index is 0.142. The molecule has 1 amide bonds. The molecule has 0 bridgehead atoms. The Hall–Kier alpha value is -3.36. The number of ether oxygens (including phenoxy) is 2. The Morgan fingerprint density at radius 1 is 0.879 bits per heavy atom. The standard InChI is InChI=1S/C45H62FN5O6S/c1-33(26-48-20-22-57-23-21-48)44(53)51-30-41(31-51)58(54,55)40-12-10-39(11-13-40)50-28-34(29-50)27-47-18-14-36(15-19-47)45(32-49-16-5-17-49,37-7-4-8-38(46)25-37)42-9-3-6-35(42)24-43(52)56-2/h4,7-8,10-13,25,34-36,41-42H,1,3,5-6,9,14-24,26-32H2,2H3/t35-,42+,45-/m1/s1. The molecule has 1 aliphatic carbocycles. The number of benzene rings is 2. The Morgan fingerprint density at radius 2 is 1.60 bits per heavy atom. The van der Waals surface area contributed by atoms with Crippen molar-refractivity contribution >= 4 is 27.4 Å². The molecule has 0 aromatic heterocycles. The normalized spacial score (nSPS) is 25.4. The fourth-order valence-electron chi connectivity index (χ4n) is 11.1. The topological polar surface area (TPSA) is 103 Å². The largest absolute Gasteiger partial charge is 0.469 e. The third kappa shape index (κ3) is 8.62. The van der Waals surface area contributed by atoms with Gasteiger partial charge in [0.05, 0.1) is 25.2 Å². The van der Waals surface area contributed by atoms with Crippen LogP contribution in [0.5, 0.6) is 0 Å². The molecule has 2 aromatic carbocycles. The zero-order chi connectivity index (χ0) is 40.4. The second kappa shape index (κ2) is 17.7. The highest BCUT2D eigenvalue weighted by atomic mass is 32.2. The van der Waals surface area contributed by atoms with Crippen LogP contribution in [0.2, 0.25) is 0 Å². The van der Waals surface area contributed by atoms with Gasteiger partial charge in [-0.3, -0.25) is 14.5 Å².